The number of benzene rings is 4. The fraction of sp³-hybridized carbons (Fsp3) is 0.129. The molecule has 0 spiro atoms. The molecule has 0 radical (unpaired) electrons. The molecule has 4 aromatic carbocycles. The monoisotopic (exact) mass is 541 g/mol. The zero-order valence-electron chi connectivity index (χ0n) is 21.8. The van der Waals surface area contributed by atoms with Crippen molar-refractivity contribution in [3.8, 4) is 17.2 Å². The summed E-state index contributed by atoms with van der Waals surface area (Å²) >= 11 is 0. The van der Waals surface area contributed by atoms with Gasteiger partial charge in [0.05, 0.1) is 18.5 Å². The van der Waals surface area contributed by atoms with Gasteiger partial charge in [0, 0.05) is 5.56 Å². The average molecular weight is 542 g/mol. The number of hydrazone groups is 1. The Bertz CT molecular complexity index is 1480. The third-order valence-corrected chi connectivity index (χ3v) is 5.50. The van der Waals surface area contributed by atoms with Crippen molar-refractivity contribution in [1.29, 1.82) is 0 Å². The molecule has 40 heavy (non-hydrogen) atoms. The number of carbonyl (C=O) groups excluding carboxylic acids is 2. The number of anilines is 1. The second kappa shape index (κ2) is 14.1. The molecular formula is C31H28FN3O5. The summed E-state index contributed by atoms with van der Waals surface area (Å²) in [5.74, 6) is -0.0589. The van der Waals surface area contributed by atoms with Crippen LogP contribution in [-0.4, -0.2) is 31.2 Å². The molecule has 8 nitrogen and oxygen atoms in total. The van der Waals surface area contributed by atoms with Crippen molar-refractivity contribution in [3.63, 3.8) is 0 Å². The van der Waals surface area contributed by atoms with Crippen LogP contribution in [0.4, 0.5) is 10.1 Å². The van der Waals surface area contributed by atoms with Crippen molar-refractivity contribution in [3.05, 3.63) is 120 Å². The second-order valence-corrected chi connectivity index (χ2v) is 8.46. The first-order chi connectivity index (χ1) is 19.5. The van der Waals surface area contributed by atoms with E-state index >= 15 is 0 Å². The fourth-order valence-corrected chi connectivity index (χ4v) is 3.58. The number of rotatable bonds is 12. The minimum absolute atomic E-state index is 0.0791. The Morgan fingerprint density at radius 2 is 1.65 bits per heavy atom. The van der Waals surface area contributed by atoms with Gasteiger partial charge in [-0.25, -0.2) is 9.82 Å². The van der Waals surface area contributed by atoms with E-state index in [1.165, 1.54) is 24.4 Å². The van der Waals surface area contributed by atoms with E-state index in [1.807, 2.05) is 37.3 Å². The van der Waals surface area contributed by atoms with E-state index in [0.29, 0.717) is 41.6 Å². The zero-order chi connectivity index (χ0) is 28.2. The maximum atomic E-state index is 13.7. The van der Waals surface area contributed by atoms with Crippen molar-refractivity contribution < 1.29 is 28.2 Å². The third-order valence-electron chi connectivity index (χ3n) is 5.50. The number of halogens is 1. The first-order valence-electron chi connectivity index (χ1n) is 12.6. The average Bonchev–Trinajstić information content (AvgIpc) is 2.97. The maximum absolute atomic E-state index is 13.7. The number of ether oxygens (including phenoxy) is 3. The summed E-state index contributed by atoms with van der Waals surface area (Å²) in [7, 11) is 0. The molecule has 0 fully saturated rings. The van der Waals surface area contributed by atoms with Crippen LogP contribution in [0.15, 0.2) is 102 Å². The molecule has 204 valence electrons. The fourth-order valence-electron chi connectivity index (χ4n) is 3.58. The molecule has 2 amide bonds. The molecule has 0 aliphatic carbocycles. The van der Waals surface area contributed by atoms with E-state index in [2.05, 4.69) is 15.8 Å². The Labute approximate surface area is 231 Å². The highest BCUT2D eigenvalue weighted by atomic mass is 19.1. The van der Waals surface area contributed by atoms with Gasteiger partial charge in [0.15, 0.2) is 18.1 Å². The van der Waals surface area contributed by atoms with E-state index in [1.54, 1.807) is 48.5 Å². The van der Waals surface area contributed by atoms with Gasteiger partial charge in [-0.1, -0.05) is 54.6 Å². The molecule has 0 unspecified atom stereocenters. The lowest BCUT2D eigenvalue weighted by Gasteiger charge is -2.13. The minimum atomic E-state index is -0.530. The van der Waals surface area contributed by atoms with Crippen LogP contribution in [0.1, 0.15) is 28.4 Å². The first kappa shape index (κ1) is 27.8. The number of hydrogen-bond acceptors (Lipinski definition) is 6. The molecule has 0 saturated carbocycles. The number of nitrogens with zero attached hydrogens (tertiary/aromatic N) is 1. The molecule has 0 saturated heterocycles. The number of carbonyl (C=O) groups is 2. The van der Waals surface area contributed by atoms with Crippen LogP contribution in [0, 0.1) is 5.82 Å². The molecular weight excluding hydrogens is 513 g/mol. The zero-order valence-corrected chi connectivity index (χ0v) is 21.8. The van der Waals surface area contributed by atoms with Crippen molar-refractivity contribution >= 4 is 23.7 Å². The number of nitrogens with one attached hydrogen (secondary N) is 2. The SMILES string of the molecule is CCOc1cc(C(=O)N/N=C/c2cccc(OCC(=O)Nc3ccccc3F)c2)ccc1OCc1ccccc1. The van der Waals surface area contributed by atoms with E-state index in [4.69, 9.17) is 14.2 Å². The molecule has 0 aromatic heterocycles. The molecule has 0 atom stereocenters. The molecule has 4 aromatic rings. The Morgan fingerprint density at radius 3 is 2.45 bits per heavy atom. The normalized spacial score (nSPS) is 10.7. The summed E-state index contributed by atoms with van der Waals surface area (Å²) in [5, 5.41) is 6.48. The highest BCUT2D eigenvalue weighted by Crippen LogP contribution is 2.29. The van der Waals surface area contributed by atoms with Crippen LogP contribution >= 0.6 is 0 Å². The highest BCUT2D eigenvalue weighted by molar-refractivity contribution is 5.95. The summed E-state index contributed by atoms with van der Waals surface area (Å²) in [6.45, 7) is 2.33. The minimum Gasteiger partial charge on any atom is -0.490 e. The quantitative estimate of drug-likeness (QED) is 0.180. The Hall–Kier alpha value is -5.18. The van der Waals surface area contributed by atoms with Gasteiger partial charge in [0.25, 0.3) is 11.8 Å². The lowest BCUT2D eigenvalue weighted by Crippen LogP contribution is -2.20. The summed E-state index contributed by atoms with van der Waals surface area (Å²) in [4.78, 5) is 24.8. The van der Waals surface area contributed by atoms with Crippen molar-refractivity contribution in [2.45, 2.75) is 13.5 Å². The van der Waals surface area contributed by atoms with Crippen LogP contribution in [0.2, 0.25) is 0 Å². The second-order valence-electron chi connectivity index (χ2n) is 8.46. The van der Waals surface area contributed by atoms with Gasteiger partial charge in [-0.15, -0.1) is 0 Å². The predicted molar refractivity (Wildman–Crippen MR) is 150 cm³/mol. The molecule has 0 aliphatic rings. The van der Waals surface area contributed by atoms with Crippen molar-refractivity contribution in [1.82, 2.24) is 5.43 Å². The van der Waals surface area contributed by atoms with Gasteiger partial charge in [-0.05, 0) is 60.5 Å². The van der Waals surface area contributed by atoms with E-state index in [0.717, 1.165) is 5.56 Å². The molecule has 0 bridgehead atoms. The Morgan fingerprint density at radius 1 is 0.850 bits per heavy atom. The molecule has 9 heteroatoms. The lowest BCUT2D eigenvalue weighted by molar-refractivity contribution is -0.118. The summed E-state index contributed by atoms with van der Waals surface area (Å²) in [6.07, 6.45) is 1.45. The maximum Gasteiger partial charge on any atom is 0.271 e. The van der Waals surface area contributed by atoms with Crippen LogP contribution in [-0.2, 0) is 11.4 Å². The van der Waals surface area contributed by atoms with E-state index in [9.17, 15) is 14.0 Å². The van der Waals surface area contributed by atoms with E-state index in [-0.39, 0.29) is 12.3 Å². The third kappa shape index (κ3) is 8.16. The molecule has 4 rings (SSSR count). The van der Waals surface area contributed by atoms with Gasteiger partial charge in [0.2, 0.25) is 0 Å². The van der Waals surface area contributed by atoms with Crippen LogP contribution in [0.5, 0.6) is 17.2 Å². The molecule has 0 aliphatic heterocycles. The predicted octanol–water partition coefficient (Wildman–Crippen LogP) is 5.58. The van der Waals surface area contributed by atoms with Gasteiger partial charge in [-0.3, -0.25) is 9.59 Å². The number of amides is 2. The number of para-hydroxylation sites is 1. The summed E-state index contributed by atoms with van der Waals surface area (Å²) in [5.41, 5.74) is 4.57. The lowest BCUT2D eigenvalue weighted by atomic mass is 10.2. The highest BCUT2D eigenvalue weighted by Gasteiger charge is 2.12. The smallest absolute Gasteiger partial charge is 0.271 e. The molecule has 0 heterocycles. The standard InChI is InChI=1S/C31H28FN3O5/c1-2-38-29-18-24(15-16-28(29)40-20-22-9-4-3-5-10-22)31(37)35-33-19-23-11-8-12-25(17-23)39-21-30(36)34-27-14-7-6-13-26(27)32/h3-19H,2,20-21H2,1H3,(H,34,36)(H,35,37)/b33-19+. The van der Waals surface area contributed by atoms with Crippen LogP contribution < -0.4 is 25.0 Å². The van der Waals surface area contributed by atoms with E-state index < -0.39 is 17.6 Å². The number of hydrogen-bond donors (Lipinski definition) is 2. The van der Waals surface area contributed by atoms with Crippen LogP contribution in [0.3, 0.4) is 0 Å². The van der Waals surface area contributed by atoms with Gasteiger partial charge >= 0.3 is 0 Å². The van der Waals surface area contributed by atoms with Gasteiger partial charge in [0.1, 0.15) is 18.2 Å². The van der Waals surface area contributed by atoms with Gasteiger partial charge < -0.3 is 19.5 Å². The van der Waals surface area contributed by atoms with Crippen molar-refractivity contribution in [2.75, 3.05) is 18.5 Å². The topological polar surface area (TPSA) is 98.3 Å². The molecule has 2 N–H and O–H groups in total. The Balaban J connectivity index is 1.31. The summed E-state index contributed by atoms with van der Waals surface area (Å²) < 4.78 is 30.8. The van der Waals surface area contributed by atoms with Crippen molar-refractivity contribution in [2.24, 2.45) is 5.10 Å². The summed E-state index contributed by atoms with van der Waals surface area (Å²) in [6, 6.07) is 27.3. The van der Waals surface area contributed by atoms with Crippen LogP contribution in [0.25, 0.3) is 0 Å². The first-order valence-corrected chi connectivity index (χ1v) is 12.6. The largest absolute Gasteiger partial charge is 0.490 e. The Kier molecular flexibility index (Phi) is 9.82. The van der Waals surface area contributed by atoms with Gasteiger partial charge in [-0.2, -0.15) is 5.10 Å².